The maximum absolute atomic E-state index is 14.3. The number of amides is 2. The van der Waals surface area contributed by atoms with Crippen molar-refractivity contribution >= 4 is 50.7 Å². The van der Waals surface area contributed by atoms with Gasteiger partial charge in [-0.15, -0.1) is 0 Å². The second-order valence-corrected chi connectivity index (χ2v) is 13.4. The van der Waals surface area contributed by atoms with E-state index in [0.717, 1.165) is 21.7 Å². The average Bonchev–Trinajstić information content (AvgIpc) is 2.94. The van der Waals surface area contributed by atoms with E-state index < -0.39 is 28.5 Å². The molecule has 0 fully saturated rings. The van der Waals surface area contributed by atoms with Crippen LogP contribution < -0.4 is 9.62 Å². The number of rotatable bonds is 13. The lowest BCUT2D eigenvalue weighted by atomic mass is 10.0. The van der Waals surface area contributed by atoms with Gasteiger partial charge in [0.05, 0.1) is 11.9 Å². The van der Waals surface area contributed by atoms with Crippen LogP contribution in [-0.4, -0.2) is 50.0 Å². The fraction of sp³-hybridized carbons (Fsp3) is 0.375. The molecule has 0 spiro atoms. The molecule has 0 unspecified atom stereocenters. The van der Waals surface area contributed by atoms with E-state index in [4.69, 9.17) is 23.2 Å². The Bertz CT molecular complexity index is 1460. The lowest BCUT2D eigenvalue weighted by Crippen LogP contribution is -2.54. The SMILES string of the molecule is CC[C@@H](C)NC(=O)[C@H](Cc1ccccc1)N(Cc1c(Cl)cccc1Cl)C(=O)CN(c1ccccc1C(C)C)S(C)(=O)=O. The summed E-state index contributed by atoms with van der Waals surface area (Å²) < 4.78 is 27.4. The molecule has 0 heterocycles. The highest BCUT2D eigenvalue weighted by Crippen LogP contribution is 2.31. The molecule has 2 amide bonds. The monoisotopic (exact) mass is 631 g/mol. The van der Waals surface area contributed by atoms with Gasteiger partial charge < -0.3 is 10.2 Å². The van der Waals surface area contributed by atoms with Crippen LogP contribution in [0.2, 0.25) is 10.0 Å². The van der Waals surface area contributed by atoms with Crippen molar-refractivity contribution in [2.75, 3.05) is 17.1 Å². The summed E-state index contributed by atoms with van der Waals surface area (Å²) in [6.07, 6.45) is 1.98. The lowest BCUT2D eigenvalue weighted by Gasteiger charge is -2.35. The highest BCUT2D eigenvalue weighted by Gasteiger charge is 2.34. The predicted molar refractivity (Wildman–Crippen MR) is 172 cm³/mol. The van der Waals surface area contributed by atoms with Crippen LogP contribution in [0.5, 0.6) is 0 Å². The minimum absolute atomic E-state index is 0.00530. The molecule has 0 radical (unpaired) electrons. The van der Waals surface area contributed by atoms with Crippen LogP contribution >= 0.6 is 23.2 Å². The summed E-state index contributed by atoms with van der Waals surface area (Å²) in [5.41, 5.74) is 2.52. The smallest absolute Gasteiger partial charge is 0.244 e. The van der Waals surface area contributed by atoms with E-state index in [-0.39, 0.29) is 30.8 Å². The van der Waals surface area contributed by atoms with Crippen LogP contribution in [0.3, 0.4) is 0 Å². The van der Waals surface area contributed by atoms with Crippen molar-refractivity contribution in [3.05, 3.63) is 99.5 Å². The fourth-order valence-corrected chi connectivity index (χ4v) is 6.03. The van der Waals surface area contributed by atoms with Gasteiger partial charge in [0.25, 0.3) is 0 Å². The molecule has 0 bridgehead atoms. The molecule has 0 aliphatic carbocycles. The Morgan fingerprint density at radius 1 is 0.881 bits per heavy atom. The number of carbonyl (C=O) groups excluding carboxylic acids is 2. The van der Waals surface area contributed by atoms with E-state index in [1.165, 1.54) is 4.90 Å². The zero-order valence-corrected chi connectivity index (χ0v) is 27.0. The Hall–Kier alpha value is -3.07. The van der Waals surface area contributed by atoms with Crippen molar-refractivity contribution in [3.8, 4) is 0 Å². The number of hydrogen-bond donors (Lipinski definition) is 1. The third kappa shape index (κ3) is 8.72. The van der Waals surface area contributed by atoms with E-state index in [2.05, 4.69) is 5.32 Å². The first-order valence-corrected chi connectivity index (χ1v) is 16.6. The molecular formula is C32H39Cl2N3O4S. The molecule has 0 aliphatic heterocycles. The second-order valence-electron chi connectivity index (χ2n) is 10.7. The topological polar surface area (TPSA) is 86.8 Å². The van der Waals surface area contributed by atoms with Crippen molar-refractivity contribution in [1.29, 1.82) is 0 Å². The van der Waals surface area contributed by atoms with Crippen molar-refractivity contribution in [1.82, 2.24) is 10.2 Å². The van der Waals surface area contributed by atoms with Crippen LogP contribution in [0.15, 0.2) is 72.8 Å². The largest absolute Gasteiger partial charge is 0.352 e. The summed E-state index contributed by atoms with van der Waals surface area (Å²) >= 11 is 13.1. The molecule has 10 heteroatoms. The molecule has 3 aromatic carbocycles. The fourth-order valence-electron chi connectivity index (χ4n) is 4.65. The summed E-state index contributed by atoms with van der Waals surface area (Å²) in [5, 5.41) is 3.69. The average molecular weight is 633 g/mol. The Labute approximate surface area is 259 Å². The Kier molecular flexibility index (Phi) is 11.9. The summed E-state index contributed by atoms with van der Waals surface area (Å²) in [6, 6.07) is 20.4. The van der Waals surface area contributed by atoms with E-state index in [1.807, 2.05) is 70.2 Å². The number of hydrogen-bond acceptors (Lipinski definition) is 4. The summed E-state index contributed by atoms with van der Waals surface area (Å²) in [7, 11) is -3.89. The van der Waals surface area contributed by atoms with Crippen LogP contribution in [0.4, 0.5) is 5.69 Å². The van der Waals surface area contributed by atoms with E-state index >= 15 is 0 Å². The number of carbonyl (C=O) groups is 2. The number of para-hydroxylation sites is 1. The van der Waals surface area contributed by atoms with Gasteiger partial charge in [0.15, 0.2) is 0 Å². The first-order valence-electron chi connectivity index (χ1n) is 14.0. The molecule has 42 heavy (non-hydrogen) atoms. The summed E-state index contributed by atoms with van der Waals surface area (Å²) in [5.74, 6) is -0.904. The first kappa shape index (κ1) is 33.4. The maximum atomic E-state index is 14.3. The highest BCUT2D eigenvalue weighted by molar-refractivity contribution is 7.92. The van der Waals surface area contributed by atoms with Gasteiger partial charge in [0.1, 0.15) is 12.6 Å². The quantitative estimate of drug-likeness (QED) is 0.235. The highest BCUT2D eigenvalue weighted by atomic mass is 35.5. The zero-order chi connectivity index (χ0) is 31.0. The Balaban J connectivity index is 2.14. The number of nitrogens with one attached hydrogen (secondary N) is 1. The van der Waals surface area contributed by atoms with Gasteiger partial charge >= 0.3 is 0 Å². The van der Waals surface area contributed by atoms with Gasteiger partial charge in [-0.2, -0.15) is 0 Å². The molecule has 0 aromatic heterocycles. The number of nitrogens with zero attached hydrogens (tertiary/aromatic N) is 2. The van der Waals surface area contributed by atoms with Crippen molar-refractivity contribution < 1.29 is 18.0 Å². The molecule has 0 saturated heterocycles. The van der Waals surface area contributed by atoms with Crippen molar-refractivity contribution in [2.24, 2.45) is 0 Å². The molecular weight excluding hydrogens is 593 g/mol. The number of sulfonamides is 1. The normalized spacial score (nSPS) is 13.0. The second kappa shape index (κ2) is 14.9. The minimum Gasteiger partial charge on any atom is -0.352 e. The number of anilines is 1. The Morgan fingerprint density at radius 2 is 1.48 bits per heavy atom. The number of benzene rings is 3. The van der Waals surface area contributed by atoms with Gasteiger partial charge in [-0.05, 0) is 48.6 Å². The van der Waals surface area contributed by atoms with Gasteiger partial charge in [0.2, 0.25) is 21.8 Å². The molecule has 3 aromatic rings. The van der Waals surface area contributed by atoms with Gasteiger partial charge in [-0.25, -0.2) is 8.42 Å². The predicted octanol–water partition coefficient (Wildman–Crippen LogP) is 6.44. The van der Waals surface area contributed by atoms with Gasteiger partial charge in [-0.1, -0.05) is 98.6 Å². The van der Waals surface area contributed by atoms with Gasteiger partial charge in [0, 0.05) is 34.6 Å². The van der Waals surface area contributed by atoms with Crippen molar-refractivity contribution in [3.63, 3.8) is 0 Å². The van der Waals surface area contributed by atoms with E-state index in [9.17, 15) is 18.0 Å². The molecule has 0 saturated carbocycles. The first-order chi connectivity index (χ1) is 19.8. The minimum atomic E-state index is -3.89. The van der Waals surface area contributed by atoms with Crippen LogP contribution in [0, 0.1) is 0 Å². The Morgan fingerprint density at radius 3 is 2.05 bits per heavy atom. The third-order valence-electron chi connectivity index (χ3n) is 7.17. The summed E-state index contributed by atoms with van der Waals surface area (Å²) in [4.78, 5) is 29.5. The lowest BCUT2D eigenvalue weighted by molar-refractivity contribution is -0.140. The standard InChI is InChI=1S/C32H39Cl2N3O4S/c1-6-23(4)35-32(39)30(19-24-13-8-7-9-14-24)36(20-26-27(33)16-12-17-28(26)34)31(38)21-37(42(5,40)41)29-18-11-10-15-25(29)22(2)3/h7-18,22-23,30H,6,19-21H2,1-5H3,(H,35,39)/t23-,30+/m1/s1. The van der Waals surface area contributed by atoms with E-state index in [0.29, 0.717) is 27.7 Å². The summed E-state index contributed by atoms with van der Waals surface area (Å²) in [6.45, 7) is 7.17. The molecule has 0 aliphatic rings. The molecule has 3 rings (SSSR count). The zero-order valence-electron chi connectivity index (χ0n) is 24.7. The van der Waals surface area contributed by atoms with E-state index in [1.54, 1.807) is 30.3 Å². The molecule has 7 nitrogen and oxygen atoms in total. The number of halogens is 2. The molecule has 226 valence electrons. The van der Waals surface area contributed by atoms with Crippen LogP contribution in [-0.2, 0) is 32.6 Å². The van der Waals surface area contributed by atoms with Gasteiger partial charge in [-0.3, -0.25) is 13.9 Å². The van der Waals surface area contributed by atoms with Crippen LogP contribution in [0.25, 0.3) is 0 Å². The van der Waals surface area contributed by atoms with Crippen molar-refractivity contribution in [2.45, 2.75) is 65.1 Å². The third-order valence-corrected chi connectivity index (χ3v) is 9.00. The molecule has 2 atom stereocenters. The maximum Gasteiger partial charge on any atom is 0.244 e. The molecule has 1 N–H and O–H groups in total. The van der Waals surface area contributed by atoms with Crippen LogP contribution in [0.1, 0.15) is 56.7 Å².